The predicted molar refractivity (Wildman–Crippen MR) is 83.6 cm³/mol. The molecular formula is C15H24N2O2S. The van der Waals surface area contributed by atoms with Crippen LogP contribution in [0.2, 0.25) is 0 Å². The van der Waals surface area contributed by atoms with Gasteiger partial charge in [0.05, 0.1) is 16.3 Å². The molecule has 1 aromatic carbocycles. The highest BCUT2D eigenvalue weighted by Crippen LogP contribution is 2.33. The van der Waals surface area contributed by atoms with Crippen molar-refractivity contribution in [3.8, 4) is 0 Å². The van der Waals surface area contributed by atoms with Crippen molar-refractivity contribution in [2.45, 2.75) is 44.0 Å². The van der Waals surface area contributed by atoms with Gasteiger partial charge in [-0.25, -0.2) is 8.42 Å². The summed E-state index contributed by atoms with van der Waals surface area (Å²) in [6, 6.07) is 5.52. The summed E-state index contributed by atoms with van der Waals surface area (Å²) in [5.41, 5.74) is 7.08. The zero-order valence-corrected chi connectivity index (χ0v) is 13.2. The van der Waals surface area contributed by atoms with E-state index in [4.69, 9.17) is 5.73 Å². The second-order valence-corrected chi connectivity index (χ2v) is 8.23. The molecule has 0 heterocycles. The molecule has 0 saturated heterocycles. The first-order valence-electron chi connectivity index (χ1n) is 7.12. The molecule has 0 aromatic heterocycles. The Kier molecular flexibility index (Phi) is 4.28. The van der Waals surface area contributed by atoms with Gasteiger partial charge in [0.1, 0.15) is 0 Å². The molecule has 1 aliphatic carbocycles. The Hall–Kier alpha value is -1.23. The lowest BCUT2D eigenvalue weighted by Gasteiger charge is -2.33. The van der Waals surface area contributed by atoms with Crippen molar-refractivity contribution in [2.24, 2.45) is 11.8 Å². The van der Waals surface area contributed by atoms with E-state index in [1.165, 1.54) is 12.7 Å². The highest BCUT2D eigenvalue weighted by molar-refractivity contribution is 7.90. The third-order valence-electron chi connectivity index (χ3n) is 4.00. The van der Waals surface area contributed by atoms with Crippen LogP contribution in [0.1, 0.15) is 33.1 Å². The number of hydrogen-bond acceptors (Lipinski definition) is 4. The largest absolute Gasteiger partial charge is 0.396 e. The third kappa shape index (κ3) is 3.45. The van der Waals surface area contributed by atoms with Crippen LogP contribution in [0.4, 0.5) is 11.4 Å². The molecule has 1 saturated carbocycles. The Morgan fingerprint density at radius 3 is 2.30 bits per heavy atom. The normalized spacial score (nSPS) is 27.2. The maximum atomic E-state index is 11.7. The molecule has 112 valence electrons. The minimum absolute atomic E-state index is 0.208. The number of para-hydroxylation sites is 1. The predicted octanol–water partition coefficient (Wildman–Crippen LogP) is 2.91. The van der Waals surface area contributed by atoms with Crippen LogP contribution in [-0.4, -0.2) is 20.7 Å². The van der Waals surface area contributed by atoms with Gasteiger partial charge in [0.15, 0.2) is 9.84 Å². The summed E-state index contributed by atoms with van der Waals surface area (Å²) in [6.45, 7) is 4.53. The van der Waals surface area contributed by atoms with Crippen LogP contribution in [0.3, 0.4) is 0 Å². The van der Waals surface area contributed by atoms with Gasteiger partial charge >= 0.3 is 0 Å². The number of nitrogens with one attached hydrogen (secondary N) is 1. The van der Waals surface area contributed by atoms with E-state index in [1.807, 2.05) is 6.07 Å². The molecule has 5 heteroatoms. The molecule has 2 unspecified atom stereocenters. The Morgan fingerprint density at radius 1 is 1.15 bits per heavy atom. The number of rotatable bonds is 3. The molecule has 0 aliphatic heterocycles. The third-order valence-corrected chi connectivity index (χ3v) is 5.16. The Morgan fingerprint density at radius 2 is 1.75 bits per heavy atom. The average molecular weight is 296 g/mol. The summed E-state index contributed by atoms with van der Waals surface area (Å²) in [5, 5.41) is 3.43. The highest BCUT2D eigenvalue weighted by Gasteiger charge is 2.24. The fourth-order valence-electron chi connectivity index (χ4n) is 3.28. The molecule has 20 heavy (non-hydrogen) atoms. The zero-order valence-electron chi connectivity index (χ0n) is 12.4. The molecule has 1 aromatic rings. The van der Waals surface area contributed by atoms with Crippen LogP contribution in [0, 0.1) is 11.8 Å². The molecule has 0 amide bonds. The number of benzene rings is 1. The summed E-state index contributed by atoms with van der Waals surface area (Å²) in [4.78, 5) is 0.208. The summed E-state index contributed by atoms with van der Waals surface area (Å²) >= 11 is 0. The van der Waals surface area contributed by atoms with Gasteiger partial charge in [-0.1, -0.05) is 19.9 Å². The first kappa shape index (κ1) is 15.2. The van der Waals surface area contributed by atoms with Gasteiger partial charge < -0.3 is 11.1 Å². The van der Waals surface area contributed by atoms with Crippen molar-refractivity contribution >= 4 is 21.2 Å². The van der Waals surface area contributed by atoms with E-state index >= 15 is 0 Å². The van der Waals surface area contributed by atoms with Crippen LogP contribution < -0.4 is 11.1 Å². The molecule has 4 nitrogen and oxygen atoms in total. The Balaban J connectivity index is 2.22. The minimum atomic E-state index is -3.28. The van der Waals surface area contributed by atoms with Crippen molar-refractivity contribution in [3.63, 3.8) is 0 Å². The maximum Gasteiger partial charge on any atom is 0.177 e. The van der Waals surface area contributed by atoms with E-state index in [9.17, 15) is 8.42 Å². The second-order valence-electron chi connectivity index (χ2n) is 6.25. The number of hydrogen-bond donors (Lipinski definition) is 2. The number of sulfone groups is 1. The molecular weight excluding hydrogens is 272 g/mol. The van der Waals surface area contributed by atoms with E-state index in [0.29, 0.717) is 23.6 Å². The topological polar surface area (TPSA) is 72.2 Å². The standard InChI is InChI=1S/C15H24N2O2S/c1-10-7-11(2)9-12(8-10)17-13-5-4-6-14(15(13)16)20(3,18)19/h4-6,10-12,17H,7-9,16H2,1-3H3. The molecule has 3 N–H and O–H groups in total. The first-order chi connectivity index (χ1) is 9.27. The maximum absolute atomic E-state index is 11.7. The van der Waals surface area contributed by atoms with Crippen molar-refractivity contribution in [2.75, 3.05) is 17.3 Å². The van der Waals surface area contributed by atoms with Crippen LogP contribution in [0.5, 0.6) is 0 Å². The monoisotopic (exact) mass is 296 g/mol. The van der Waals surface area contributed by atoms with Gasteiger partial charge in [0.2, 0.25) is 0 Å². The van der Waals surface area contributed by atoms with E-state index in [-0.39, 0.29) is 4.90 Å². The molecule has 0 bridgehead atoms. The van der Waals surface area contributed by atoms with E-state index in [1.54, 1.807) is 12.1 Å². The van der Waals surface area contributed by atoms with Gasteiger partial charge in [-0.2, -0.15) is 0 Å². The minimum Gasteiger partial charge on any atom is -0.396 e. The van der Waals surface area contributed by atoms with E-state index in [0.717, 1.165) is 18.5 Å². The smallest absolute Gasteiger partial charge is 0.177 e. The summed E-state index contributed by atoms with van der Waals surface area (Å²) in [5.74, 6) is 1.38. The van der Waals surface area contributed by atoms with Crippen molar-refractivity contribution in [3.05, 3.63) is 18.2 Å². The SMILES string of the molecule is CC1CC(C)CC(Nc2cccc(S(C)(=O)=O)c2N)C1. The van der Waals surface area contributed by atoms with E-state index in [2.05, 4.69) is 19.2 Å². The van der Waals surface area contributed by atoms with Crippen LogP contribution in [-0.2, 0) is 9.84 Å². The summed E-state index contributed by atoms with van der Waals surface area (Å²) in [6.07, 6.45) is 4.66. The number of nitrogen functional groups attached to an aromatic ring is 1. The highest BCUT2D eigenvalue weighted by atomic mass is 32.2. The Bertz CT molecular complexity index is 574. The lowest BCUT2D eigenvalue weighted by Crippen LogP contribution is -2.30. The number of anilines is 2. The van der Waals surface area contributed by atoms with Crippen molar-refractivity contribution in [1.82, 2.24) is 0 Å². The molecule has 0 spiro atoms. The number of nitrogens with two attached hydrogens (primary N) is 1. The average Bonchev–Trinajstić information content (AvgIpc) is 2.29. The first-order valence-corrected chi connectivity index (χ1v) is 9.01. The van der Waals surface area contributed by atoms with Crippen LogP contribution in [0.25, 0.3) is 0 Å². The van der Waals surface area contributed by atoms with Gasteiger partial charge in [-0.15, -0.1) is 0 Å². The van der Waals surface area contributed by atoms with Crippen LogP contribution >= 0.6 is 0 Å². The summed E-state index contributed by atoms with van der Waals surface area (Å²) in [7, 11) is -3.28. The fraction of sp³-hybridized carbons (Fsp3) is 0.600. The van der Waals surface area contributed by atoms with Gasteiger partial charge in [0.25, 0.3) is 0 Å². The molecule has 1 aliphatic rings. The molecule has 2 rings (SSSR count). The lowest BCUT2D eigenvalue weighted by atomic mass is 9.80. The van der Waals surface area contributed by atoms with Gasteiger partial charge in [-0.05, 0) is 43.2 Å². The summed E-state index contributed by atoms with van der Waals surface area (Å²) < 4.78 is 23.4. The Labute approximate surface area is 121 Å². The zero-order chi connectivity index (χ0) is 14.9. The molecule has 2 atom stereocenters. The molecule has 1 fully saturated rings. The van der Waals surface area contributed by atoms with Gasteiger partial charge in [-0.3, -0.25) is 0 Å². The molecule has 0 radical (unpaired) electrons. The van der Waals surface area contributed by atoms with Crippen molar-refractivity contribution in [1.29, 1.82) is 0 Å². The fourth-order valence-corrected chi connectivity index (χ4v) is 4.11. The van der Waals surface area contributed by atoms with Gasteiger partial charge in [0, 0.05) is 12.3 Å². The lowest BCUT2D eigenvalue weighted by molar-refractivity contribution is 0.281. The van der Waals surface area contributed by atoms with E-state index < -0.39 is 9.84 Å². The van der Waals surface area contributed by atoms with Crippen LogP contribution in [0.15, 0.2) is 23.1 Å². The van der Waals surface area contributed by atoms with Crippen molar-refractivity contribution < 1.29 is 8.42 Å². The second kappa shape index (κ2) is 5.64. The quantitative estimate of drug-likeness (QED) is 0.841.